The number of ketones is 1. The fourth-order valence-electron chi connectivity index (χ4n) is 4.43. The standard InChI is InChI=1S/C30H31NO6/c1-6-36-25-16-9-21(17-19(25)4)28(32)26-27(20-7-12-24(13-8-20)37-18(2)3)31(30(34)29(26)33)22-10-14-23(35-5)15-11-22/h7-18,27,32H,6H2,1-5H3/b28-26-. The van der Waals surface area contributed by atoms with Gasteiger partial charge >= 0.3 is 0 Å². The maximum Gasteiger partial charge on any atom is 0.300 e. The van der Waals surface area contributed by atoms with Crippen molar-refractivity contribution in [3.05, 3.63) is 89.0 Å². The second-order valence-electron chi connectivity index (χ2n) is 9.02. The smallest absolute Gasteiger partial charge is 0.300 e. The number of hydrogen-bond acceptors (Lipinski definition) is 6. The summed E-state index contributed by atoms with van der Waals surface area (Å²) in [6.45, 7) is 8.14. The van der Waals surface area contributed by atoms with E-state index < -0.39 is 17.7 Å². The summed E-state index contributed by atoms with van der Waals surface area (Å²) in [6.07, 6.45) is -0.00122. The van der Waals surface area contributed by atoms with E-state index in [0.717, 1.165) is 5.56 Å². The van der Waals surface area contributed by atoms with Crippen LogP contribution in [0.2, 0.25) is 0 Å². The monoisotopic (exact) mass is 501 g/mol. The van der Waals surface area contributed by atoms with Crippen molar-refractivity contribution in [2.24, 2.45) is 0 Å². The first kappa shape index (κ1) is 25.8. The summed E-state index contributed by atoms with van der Waals surface area (Å²) < 4.78 is 16.6. The minimum absolute atomic E-state index is 0.00122. The summed E-state index contributed by atoms with van der Waals surface area (Å²) >= 11 is 0. The second kappa shape index (κ2) is 10.8. The minimum Gasteiger partial charge on any atom is -0.507 e. The van der Waals surface area contributed by atoms with E-state index in [-0.39, 0.29) is 17.4 Å². The summed E-state index contributed by atoms with van der Waals surface area (Å²) in [6, 6.07) is 18.4. The van der Waals surface area contributed by atoms with Crippen molar-refractivity contribution in [3.63, 3.8) is 0 Å². The third-order valence-electron chi connectivity index (χ3n) is 6.11. The number of Topliss-reactive ketones (excluding diaryl/α,β-unsaturated/α-hetero) is 1. The molecule has 7 heteroatoms. The largest absolute Gasteiger partial charge is 0.507 e. The number of nitrogens with zero attached hydrogens (tertiary/aromatic N) is 1. The van der Waals surface area contributed by atoms with Crippen molar-refractivity contribution < 1.29 is 28.9 Å². The predicted octanol–water partition coefficient (Wildman–Crippen LogP) is 5.82. The number of hydrogen-bond donors (Lipinski definition) is 1. The van der Waals surface area contributed by atoms with Gasteiger partial charge in [-0.1, -0.05) is 12.1 Å². The van der Waals surface area contributed by atoms with Crippen LogP contribution < -0.4 is 19.1 Å². The van der Waals surface area contributed by atoms with Crippen molar-refractivity contribution in [1.29, 1.82) is 0 Å². The lowest BCUT2D eigenvalue weighted by atomic mass is 9.94. The van der Waals surface area contributed by atoms with Crippen LogP contribution in [0.15, 0.2) is 72.3 Å². The zero-order chi connectivity index (χ0) is 26.7. The Labute approximate surface area is 216 Å². The van der Waals surface area contributed by atoms with Gasteiger partial charge in [0.25, 0.3) is 11.7 Å². The number of carbonyl (C=O) groups excluding carboxylic acids is 2. The van der Waals surface area contributed by atoms with Crippen LogP contribution in [0, 0.1) is 6.92 Å². The molecule has 0 saturated carbocycles. The van der Waals surface area contributed by atoms with E-state index in [1.807, 2.05) is 39.8 Å². The molecule has 0 aliphatic carbocycles. The highest BCUT2D eigenvalue weighted by Gasteiger charge is 2.47. The van der Waals surface area contributed by atoms with Crippen LogP contribution in [0.3, 0.4) is 0 Å². The van der Waals surface area contributed by atoms with Gasteiger partial charge in [0.15, 0.2) is 0 Å². The third-order valence-corrected chi connectivity index (χ3v) is 6.11. The first-order valence-corrected chi connectivity index (χ1v) is 12.2. The number of aliphatic hydroxyl groups excluding tert-OH is 1. The number of carbonyl (C=O) groups is 2. The summed E-state index contributed by atoms with van der Waals surface area (Å²) in [5.74, 6) is 0.261. The Bertz CT molecular complexity index is 1330. The van der Waals surface area contributed by atoms with Gasteiger partial charge in [-0.15, -0.1) is 0 Å². The van der Waals surface area contributed by atoms with E-state index >= 15 is 0 Å². The summed E-state index contributed by atoms with van der Waals surface area (Å²) in [5.41, 5.74) is 2.43. The predicted molar refractivity (Wildman–Crippen MR) is 142 cm³/mol. The van der Waals surface area contributed by atoms with Crippen LogP contribution in [-0.4, -0.2) is 36.6 Å². The van der Waals surface area contributed by atoms with Gasteiger partial charge in [-0.2, -0.15) is 0 Å². The molecule has 3 aromatic carbocycles. The SMILES string of the molecule is CCOc1ccc(/C(O)=C2/C(=O)C(=O)N(c3ccc(OC)cc3)C2c2ccc(OC(C)C)cc2)cc1C. The van der Waals surface area contributed by atoms with Crippen LogP contribution in [0.4, 0.5) is 5.69 Å². The zero-order valence-electron chi connectivity index (χ0n) is 21.6. The van der Waals surface area contributed by atoms with Crippen molar-refractivity contribution >= 4 is 23.1 Å². The molecule has 0 spiro atoms. The molecule has 0 bridgehead atoms. The number of rotatable bonds is 8. The Kier molecular flexibility index (Phi) is 7.53. The quantitative estimate of drug-likeness (QED) is 0.238. The normalized spacial score (nSPS) is 16.8. The average Bonchev–Trinajstić information content (AvgIpc) is 3.15. The third kappa shape index (κ3) is 5.16. The Hall–Kier alpha value is -4.26. The van der Waals surface area contributed by atoms with E-state index in [4.69, 9.17) is 14.2 Å². The minimum atomic E-state index is -0.839. The summed E-state index contributed by atoms with van der Waals surface area (Å²) in [4.78, 5) is 28.2. The number of benzene rings is 3. The van der Waals surface area contributed by atoms with Gasteiger partial charge in [0.05, 0.1) is 31.4 Å². The summed E-state index contributed by atoms with van der Waals surface area (Å²) in [5, 5.41) is 11.4. The van der Waals surface area contributed by atoms with E-state index in [2.05, 4.69) is 0 Å². The van der Waals surface area contributed by atoms with Gasteiger partial charge in [-0.3, -0.25) is 14.5 Å². The van der Waals surface area contributed by atoms with Gasteiger partial charge in [0, 0.05) is 11.3 Å². The fraction of sp³-hybridized carbons (Fsp3) is 0.267. The molecule has 1 aliphatic heterocycles. The number of methoxy groups -OCH3 is 1. The van der Waals surface area contributed by atoms with Crippen molar-refractivity contribution in [2.45, 2.75) is 39.8 Å². The molecule has 1 amide bonds. The van der Waals surface area contributed by atoms with Gasteiger partial charge in [0.1, 0.15) is 23.0 Å². The molecule has 7 nitrogen and oxygen atoms in total. The Balaban J connectivity index is 1.86. The van der Waals surface area contributed by atoms with Crippen molar-refractivity contribution in [2.75, 3.05) is 18.6 Å². The molecular formula is C30H31NO6. The Morgan fingerprint density at radius 1 is 0.973 bits per heavy atom. The molecule has 1 atom stereocenters. The van der Waals surface area contributed by atoms with Crippen LogP contribution >= 0.6 is 0 Å². The van der Waals surface area contributed by atoms with Crippen LogP contribution in [0.5, 0.6) is 17.2 Å². The number of aryl methyl sites for hydroxylation is 1. The van der Waals surface area contributed by atoms with Gasteiger partial charge in [-0.05, 0) is 93.4 Å². The maximum absolute atomic E-state index is 13.4. The Morgan fingerprint density at radius 2 is 1.62 bits per heavy atom. The lowest BCUT2D eigenvalue weighted by Crippen LogP contribution is -2.29. The highest BCUT2D eigenvalue weighted by atomic mass is 16.5. The topological polar surface area (TPSA) is 85.3 Å². The zero-order valence-corrected chi connectivity index (χ0v) is 21.6. The molecule has 4 rings (SSSR count). The molecule has 1 N–H and O–H groups in total. The molecule has 192 valence electrons. The molecule has 1 unspecified atom stereocenters. The highest BCUT2D eigenvalue weighted by molar-refractivity contribution is 6.51. The van der Waals surface area contributed by atoms with Crippen molar-refractivity contribution in [3.8, 4) is 17.2 Å². The van der Waals surface area contributed by atoms with Gasteiger partial charge in [-0.25, -0.2) is 0 Å². The average molecular weight is 502 g/mol. The molecular weight excluding hydrogens is 470 g/mol. The fourth-order valence-corrected chi connectivity index (χ4v) is 4.43. The van der Waals surface area contributed by atoms with Gasteiger partial charge in [0.2, 0.25) is 0 Å². The molecule has 0 radical (unpaired) electrons. The first-order chi connectivity index (χ1) is 17.7. The molecule has 1 fully saturated rings. The molecule has 3 aromatic rings. The number of amides is 1. The molecule has 1 heterocycles. The van der Waals surface area contributed by atoms with Gasteiger partial charge < -0.3 is 19.3 Å². The second-order valence-corrected chi connectivity index (χ2v) is 9.02. The lowest BCUT2D eigenvalue weighted by Gasteiger charge is -2.26. The first-order valence-electron chi connectivity index (χ1n) is 12.2. The number of ether oxygens (including phenoxy) is 3. The molecule has 1 saturated heterocycles. The molecule has 1 aliphatic rings. The van der Waals surface area contributed by atoms with Crippen LogP contribution in [-0.2, 0) is 9.59 Å². The van der Waals surface area contributed by atoms with Crippen LogP contribution in [0.25, 0.3) is 5.76 Å². The maximum atomic E-state index is 13.4. The highest BCUT2D eigenvalue weighted by Crippen LogP contribution is 2.43. The Morgan fingerprint density at radius 3 is 2.19 bits per heavy atom. The summed E-state index contributed by atoms with van der Waals surface area (Å²) in [7, 11) is 1.56. The molecule has 37 heavy (non-hydrogen) atoms. The lowest BCUT2D eigenvalue weighted by molar-refractivity contribution is -0.132. The number of aliphatic hydroxyl groups is 1. The van der Waals surface area contributed by atoms with Crippen molar-refractivity contribution in [1.82, 2.24) is 0 Å². The van der Waals surface area contributed by atoms with E-state index in [1.165, 1.54) is 4.90 Å². The van der Waals surface area contributed by atoms with Crippen LogP contribution in [0.1, 0.15) is 43.5 Å². The van der Waals surface area contributed by atoms with E-state index in [9.17, 15) is 14.7 Å². The van der Waals surface area contributed by atoms with E-state index in [1.54, 1.807) is 61.7 Å². The number of anilines is 1. The molecule has 0 aromatic heterocycles. The van der Waals surface area contributed by atoms with E-state index in [0.29, 0.717) is 40.7 Å².